The van der Waals surface area contributed by atoms with Crippen LogP contribution < -0.4 is 4.90 Å². The summed E-state index contributed by atoms with van der Waals surface area (Å²) in [7, 11) is -3.28. The summed E-state index contributed by atoms with van der Waals surface area (Å²) in [5, 5.41) is -0.518. The monoisotopic (exact) mass is 390 g/mol. The molecule has 4 heterocycles. The number of fused-ring (bicyclic) bond motifs is 3. The third-order valence-corrected chi connectivity index (χ3v) is 8.61. The molecule has 1 saturated carbocycles. The summed E-state index contributed by atoms with van der Waals surface area (Å²) >= 11 is 0. The molecule has 7 nitrogen and oxygen atoms in total. The number of amides is 1. The van der Waals surface area contributed by atoms with Gasteiger partial charge in [0.1, 0.15) is 0 Å². The first-order valence-electron chi connectivity index (χ1n) is 10.0. The highest BCUT2D eigenvalue weighted by Gasteiger charge is 2.50. The van der Waals surface area contributed by atoms with Crippen LogP contribution in [0, 0.1) is 11.8 Å². The smallest absolute Gasteiger partial charge is 0.225 e. The molecule has 8 heteroatoms. The molecule has 0 N–H and O–H groups in total. The molecule has 0 aromatic carbocycles. The first kappa shape index (κ1) is 17.4. The van der Waals surface area contributed by atoms with Crippen molar-refractivity contribution in [2.75, 3.05) is 31.1 Å². The van der Waals surface area contributed by atoms with Gasteiger partial charge in [-0.15, -0.1) is 0 Å². The Hall–Kier alpha value is -1.70. The molecule has 4 aliphatic rings. The van der Waals surface area contributed by atoms with Crippen molar-refractivity contribution in [2.45, 2.75) is 49.5 Å². The Balaban J connectivity index is 1.48. The summed E-state index contributed by atoms with van der Waals surface area (Å²) in [5.41, 5.74) is 1.56. The molecular weight excluding hydrogens is 364 g/mol. The third kappa shape index (κ3) is 3.02. The molecule has 0 spiro atoms. The molecule has 0 bridgehead atoms. The van der Waals surface area contributed by atoms with Crippen molar-refractivity contribution >= 4 is 21.7 Å². The summed E-state index contributed by atoms with van der Waals surface area (Å²) in [4.78, 5) is 25.8. The molecule has 2 saturated heterocycles. The first-order valence-corrected chi connectivity index (χ1v) is 11.7. The van der Waals surface area contributed by atoms with Crippen LogP contribution in [0.15, 0.2) is 6.20 Å². The van der Waals surface area contributed by atoms with Crippen LogP contribution >= 0.6 is 0 Å². The summed E-state index contributed by atoms with van der Waals surface area (Å²) in [6.07, 6.45) is 5.94. The fraction of sp³-hybridized carbons (Fsp3) is 0.737. The lowest BCUT2D eigenvalue weighted by molar-refractivity contribution is -0.131. The SMILES string of the molecule is C[C@@H]1CCCN(c2ncc3c(n2)[C@H]2CN(C(=O)C4CC4)C[C@H]2S(=O)(=O)C3)C1. The van der Waals surface area contributed by atoms with E-state index in [0.29, 0.717) is 30.5 Å². The zero-order chi connectivity index (χ0) is 18.8. The third-order valence-electron chi connectivity index (χ3n) is 6.50. The second kappa shape index (κ2) is 6.15. The minimum Gasteiger partial charge on any atom is -0.341 e. The van der Waals surface area contributed by atoms with Gasteiger partial charge in [0, 0.05) is 49.8 Å². The molecular formula is C19H26N4O3S. The number of hydrogen-bond acceptors (Lipinski definition) is 6. The number of nitrogens with zero attached hydrogens (tertiary/aromatic N) is 4. The van der Waals surface area contributed by atoms with E-state index in [1.165, 1.54) is 6.42 Å². The number of rotatable bonds is 2. The van der Waals surface area contributed by atoms with Gasteiger partial charge in [0.25, 0.3) is 0 Å². The van der Waals surface area contributed by atoms with E-state index in [-0.39, 0.29) is 23.5 Å². The van der Waals surface area contributed by atoms with Crippen LogP contribution in [0.4, 0.5) is 5.95 Å². The van der Waals surface area contributed by atoms with Crippen LogP contribution in [-0.4, -0.2) is 60.6 Å². The van der Waals surface area contributed by atoms with Crippen LogP contribution in [0.3, 0.4) is 0 Å². The van der Waals surface area contributed by atoms with Gasteiger partial charge < -0.3 is 9.80 Å². The Morgan fingerprint density at radius 1 is 1.19 bits per heavy atom. The molecule has 0 unspecified atom stereocenters. The summed E-state index contributed by atoms with van der Waals surface area (Å²) in [6, 6.07) is 0. The van der Waals surface area contributed by atoms with Gasteiger partial charge in [0.05, 0.1) is 16.7 Å². The maximum Gasteiger partial charge on any atom is 0.225 e. The minimum atomic E-state index is -3.28. The molecule has 3 atom stereocenters. The lowest BCUT2D eigenvalue weighted by atomic mass is 9.99. The van der Waals surface area contributed by atoms with E-state index in [4.69, 9.17) is 4.98 Å². The Bertz CT molecular complexity index is 883. The van der Waals surface area contributed by atoms with Gasteiger partial charge in [-0.05, 0) is 31.6 Å². The zero-order valence-electron chi connectivity index (χ0n) is 15.7. The van der Waals surface area contributed by atoms with Crippen molar-refractivity contribution in [3.05, 3.63) is 17.5 Å². The lowest BCUT2D eigenvalue weighted by Crippen LogP contribution is -2.38. The maximum absolute atomic E-state index is 12.8. The Labute approximate surface area is 160 Å². The van der Waals surface area contributed by atoms with Crippen LogP contribution in [0.2, 0.25) is 0 Å². The van der Waals surface area contributed by atoms with Crippen LogP contribution in [-0.2, 0) is 20.4 Å². The molecule has 3 aliphatic heterocycles. The molecule has 5 rings (SSSR count). The maximum atomic E-state index is 12.8. The van der Waals surface area contributed by atoms with Crippen molar-refractivity contribution in [1.29, 1.82) is 0 Å². The van der Waals surface area contributed by atoms with E-state index in [2.05, 4.69) is 16.8 Å². The van der Waals surface area contributed by atoms with Crippen LogP contribution in [0.5, 0.6) is 0 Å². The number of carbonyl (C=O) groups excluding carboxylic acids is 1. The molecule has 3 fully saturated rings. The molecule has 1 aromatic rings. The number of carbonyl (C=O) groups is 1. The van der Waals surface area contributed by atoms with Crippen LogP contribution in [0.25, 0.3) is 0 Å². The van der Waals surface area contributed by atoms with E-state index in [9.17, 15) is 13.2 Å². The predicted octanol–water partition coefficient (Wildman–Crippen LogP) is 1.35. The van der Waals surface area contributed by atoms with E-state index in [1.54, 1.807) is 11.1 Å². The largest absolute Gasteiger partial charge is 0.341 e. The van der Waals surface area contributed by atoms with Crippen molar-refractivity contribution < 1.29 is 13.2 Å². The standard InChI is InChI=1S/C19H26N4O3S/c1-12-3-2-6-22(8-12)19-20-7-14-11-27(25,26)16-10-23(18(24)13-4-5-13)9-15(16)17(14)21-19/h7,12-13,15-16H,2-6,8-11H2,1H3/t12-,15+,16-/m1/s1. The highest BCUT2D eigenvalue weighted by molar-refractivity contribution is 7.91. The molecule has 146 valence electrons. The Morgan fingerprint density at radius 3 is 2.74 bits per heavy atom. The lowest BCUT2D eigenvalue weighted by Gasteiger charge is -2.32. The zero-order valence-corrected chi connectivity index (χ0v) is 16.5. The number of aromatic nitrogens is 2. The first-order chi connectivity index (χ1) is 12.9. The van der Waals surface area contributed by atoms with Gasteiger partial charge in [-0.1, -0.05) is 6.92 Å². The number of piperidine rings is 1. The van der Waals surface area contributed by atoms with Gasteiger partial charge in [-0.25, -0.2) is 18.4 Å². The Morgan fingerprint density at radius 2 is 2.00 bits per heavy atom. The van der Waals surface area contributed by atoms with E-state index in [0.717, 1.165) is 38.0 Å². The van der Waals surface area contributed by atoms with Crippen molar-refractivity contribution in [3.8, 4) is 0 Å². The summed E-state index contributed by atoms with van der Waals surface area (Å²) < 4.78 is 25.6. The predicted molar refractivity (Wildman–Crippen MR) is 101 cm³/mol. The number of hydrogen-bond donors (Lipinski definition) is 0. The summed E-state index contributed by atoms with van der Waals surface area (Å²) in [6.45, 7) is 4.92. The fourth-order valence-electron chi connectivity index (χ4n) is 4.86. The Kier molecular flexibility index (Phi) is 3.97. The van der Waals surface area contributed by atoms with Crippen molar-refractivity contribution in [3.63, 3.8) is 0 Å². The van der Waals surface area contributed by atoms with E-state index < -0.39 is 15.1 Å². The van der Waals surface area contributed by atoms with Gasteiger partial charge in [-0.3, -0.25) is 4.79 Å². The van der Waals surface area contributed by atoms with Gasteiger partial charge in [0.2, 0.25) is 11.9 Å². The highest BCUT2D eigenvalue weighted by atomic mass is 32.2. The van der Waals surface area contributed by atoms with E-state index in [1.807, 2.05) is 0 Å². The van der Waals surface area contributed by atoms with E-state index >= 15 is 0 Å². The second-order valence-electron chi connectivity index (χ2n) is 8.74. The molecule has 27 heavy (non-hydrogen) atoms. The fourth-order valence-corrected chi connectivity index (χ4v) is 6.85. The highest BCUT2D eigenvalue weighted by Crippen LogP contribution is 2.42. The molecule has 1 aromatic heterocycles. The van der Waals surface area contributed by atoms with Crippen LogP contribution in [0.1, 0.15) is 49.8 Å². The number of sulfone groups is 1. The topological polar surface area (TPSA) is 83.5 Å². The average Bonchev–Trinajstić information content (AvgIpc) is 3.38. The van der Waals surface area contributed by atoms with Gasteiger partial charge in [-0.2, -0.15) is 0 Å². The number of likely N-dealkylation sites (tertiary alicyclic amines) is 1. The normalized spacial score (nSPS) is 32.1. The second-order valence-corrected chi connectivity index (χ2v) is 11.0. The minimum absolute atomic E-state index is 0.00829. The van der Waals surface area contributed by atoms with Crippen molar-refractivity contribution in [2.24, 2.45) is 11.8 Å². The van der Waals surface area contributed by atoms with Gasteiger partial charge in [0.15, 0.2) is 9.84 Å². The summed E-state index contributed by atoms with van der Waals surface area (Å²) in [5.74, 6) is 1.34. The van der Waals surface area contributed by atoms with Gasteiger partial charge >= 0.3 is 0 Å². The van der Waals surface area contributed by atoms with Crippen molar-refractivity contribution in [1.82, 2.24) is 14.9 Å². The average molecular weight is 391 g/mol. The quantitative estimate of drug-likeness (QED) is 0.758. The molecule has 1 aliphatic carbocycles. The number of anilines is 1. The molecule has 0 radical (unpaired) electrons. The molecule has 1 amide bonds.